The highest BCUT2D eigenvalue weighted by molar-refractivity contribution is 9.09. The van der Waals surface area contributed by atoms with Gasteiger partial charge in [0, 0.05) is 11.2 Å². The van der Waals surface area contributed by atoms with Crippen molar-refractivity contribution in [1.82, 2.24) is 0 Å². The lowest BCUT2D eigenvalue weighted by molar-refractivity contribution is -0.135. The molecule has 4 heteroatoms. The third kappa shape index (κ3) is 3.74. The first-order valence-electron chi connectivity index (χ1n) is 6.28. The lowest BCUT2D eigenvalue weighted by atomic mass is 9.89. The van der Waals surface area contributed by atoms with Crippen LogP contribution in [0.25, 0.3) is 0 Å². The van der Waals surface area contributed by atoms with Crippen LogP contribution in [0.4, 0.5) is 13.2 Å². The van der Waals surface area contributed by atoms with Crippen molar-refractivity contribution < 1.29 is 13.2 Å². The number of alkyl halides is 4. The molecule has 0 aliphatic heterocycles. The number of hydrogen-bond donors (Lipinski definition) is 0. The van der Waals surface area contributed by atoms with Gasteiger partial charge < -0.3 is 0 Å². The molecular formula is C14H16BrF3. The number of rotatable bonds is 3. The average Bonchev–Trinajstić information content (AvgIpc) is 2.34. The van der Waals surface area contributed by atoms with E-state index in [0.29, 0.717) is 0 Å². The molecule has 0 saturated heterocycles. The molecule has 2 rings (SSSR count). The fourth-order valence-corrected chi connectivity index (χ4v) is 2.92. The van der Waals surface area contributed by atoms with Crippen molar-refractivity contribution in [1.29, 1.82) is 0 Å². The Kier molecular flexibility index (Phi) is 4.36. The second kappa shape index (κ2) is 5.64. The summed E-state index contributed by atoms with van der Waals surface area (Å²) < 4.78 is 36.6. The molecular weight excluding hydrogens is 305 g/mol. The minimum absolute atomic E-state index is 0.0995. The van der Waals surface area contributed by atoms with E-state index in [4.69, 9.17) is 0 Å². The van der Waals surface area contributed by atoms with Gasteiger partial charge in [-0.25, -0.2) is 0 Å². The lowest BCUT2D eigenvalue weighted by Gasteiger charge is -2.19. The highest BCUT2D eigenvalue weighted by Gasteiger charge is 2.28. The Bertz CT molecular complexity index is 412. The molecule has 0 fully saturated rings. The summed E-state index contributed by atoms with van der Waals surface area (Å²) >= 11 is 3.37. The monoisotopic (exact) mass is 320 g/mol. The first kappa shape index (κ1) is 13.9. The maximum atomic E-state index is 12.2. The van der Waals surface area contributed by atoms with Gasteiger partial charge in [-0.1, -0.05) is 34.1 Å². The van der Waals surface area contributed by atoms with Gasteiger partial charge in [0.1, 0.15) is 0 Å². The number of hydrogen-bond acceptors (Lipinski definition) is 0. The third-order valence-corrected chi connectivity index (χ3v) is 4.40. The van der Waals surface area contributed by atoms with Gasteiger partial charge in [-0.3, -0.25) is 0 Å². The molecule has 1 aliphatic carbocycles. The molecule has 1 atom stereocenters. The first-order valence-corrected chi connectivity index (χ1v) is 7.20. The van der Waals surface area contributed by atoms with Crippen LogP contribution in [0.15, 0.2) is 18.2 Å². The van der Waals surface area contributed by atoms with E-state index < -0.39 is 12.6 Å². The molecule has 0 spiro atoms. The molecule has 0 nitrogen and oxygen atoms in total. The maximum absolute atomic E-state index is 12.2. The van der Waals surface area contributed by atoms with E-state index in [0.717, 1.165) is 18.4 Å². The molecule has 0 N–H and O–H groups in total. The Morgan fingerprint density at radius 3 is 2.44 bits per heavy atom. The molecule has 0 radical (unpaired) electrons. The summed E-state index contributed by atoms with van der Waals surface area (Å²) in [6.45, 7) is 0. The molecule has 1 aliphatic rings. The van der Waals surface area contributed by atoms with Gasteiger partial charge >= 0.3 is 6.18 Å². The fourth-order valence-electron chi connectivity index (χ4n) is 2.41. The predicted molar refractivity (Wildman–Crippen MR) is 70.0 cm³/mol. The lowest BCUT2D eigenvalue weighted by Crippen LogP contribution is -2.09. The van der Waals surface area contributed by atoms with Gasteiger partial charge in [-0.15, -0.1) is 0 Å². The van der Waals surface area contributed by atoms with Gasteiger partial charge in [0.05, 0.1) is 0 Å². The normalized spacial score (nSPS) is 17.3. The van der Waals surface area contributed by atoms with Crippen molar-refractivity contribution in [3.05, 3.63) is 34.9 Å². The zero-order valence-corrected chi connectivity index (χ0v) is 11.6. The van der Waals surface area contributed by atoms with Crippen molar-refractivity contribution in [2.75, 3.05) is 0 Å². The minimum atomic E-state index is -4.07. The number of aryl methyl sites for hydroxylation is 2. The van der Waals surface area contributed by atoms with Gasteiger partial charge in [0.25, 0.3) is 0 Å². The molecule has 1 aromatic rings. The van der Waals surface area contributed by atoms with E-state index in [1.165, 1.54) is 24.0 Å². The van der Waals surface area contributed by atoms with Gasteiger partial charge in [0.15, 0.2) is 0 Å². The van der Waals surface area contributed by atoms with E-state index in [1.54, 1.807) is 0 Å². The Labute approximate surface area is 114 Å². The Hall–Kier alpha value is -0.510. The predicted octanol–water partition coefficient (Wildman–Crippen LogP) is 5.34. The number of halogens is 4. The Balaban J connectivity index is 2.04. The van der Waals surface area contributed by atoms with Crippen LogP contribution in [0.2, 0.25) is 0 Å². The third-order valence-electron chi connectivity index (χ3n) is 3.42. The number of benzene rings is 1. The summed E-state index contributed by atoms with van der Waals surface area (Å²) in [5, 5.41) is 0. The van der Waals surface area contributed by atoms with Gasteiger partial charge in [-0.2, -0.15) is 13.2 Å². The Morgan fingerprint density at radius 1 is 1.11 bits per heavy atom. The van der Waals surface area contributed by atoms with Crippen molar-refractivity contribution in [3.63, 3.8) is 0 Å². The highest BCUT2D eigenvalue weighted by atomic mass is 79.9. The summed E-state index contributed by atoms with van der Waals surface area (Å²) in [5.74, 6) is 0. The zero-order chi connectivity index (χ0) is 13.2. The van der Waals surface area contributed by atoms with Crippen molar-refractivity contribution in [2.45, 2.75) is 49.5 Å². The molecule has 0 aromatic heterocycles. The van der Waals surface area contributed by atoms with Gasteiger partial charge in [0.2, 0.25) is 0 Å². The standard InChI is InChI=1S/C14H16BrF3/c15-13(7-8-14(16,17)18)12-6-5-10-3-1-2-4-11(10)9-12/h5-6,9,13H,1-4,7-8H2. The van der Waals surface area contributed by atoms with E-state index in [9.17, 15) is 13.2 Å². The maximum Gasteiger partial charge on any atom is 0.389 e. The summed E-state index contributed by atoms with van der Waals surface area (Å²) in [6.07, 6.45) is -0.139. The molecule has 0 bridgehead atoms. The van der Waals surface area contributed by atoms with Gasteiger partial charge in [-0.05, 0) is 48.8 Å². The SMILES string of the molecule is FC(F)(F)CCC(Br)c1ccc2c(c1)CCCC2. The molecule has 1 aromatic carbocycles. The zero-order valence-electron chi connectivity index (χ0n) is 10.1. The van der Waals surface area contributed by atoms with Crippen molar-refractivity contribution in [2.24, 2.45) is 0 Å². The number of fused-ring (bicyclic) bond motifs is 1. The summed E-state index contributed by atoms with van der Waals surface area (Å²) in [7, 11) is 0. The van der Waals surface area contributed by atoms with Crippen molar-refractivity contribution >= 4 is 15.9 Å². The van der Waals surface area contributed by atoms with E-state index in [-0.39, 0.29) is 11.2 Å². The first-order chi connectivity index (χ1) is 8.46. The molecule has 0 amide bonds. The van der Waals surface area contributed by atoms with Crippen LogP contribution >= 0.6 is 15.9 Å². The topological polar surface area (TPSA) is 0 Å². The fraction of sp³-hybridized carbons (Fsp3) is 0.571. The van der Waals surface area contributed by atoms with Crippen LogP contribution in [-0.2, 0) is 12.8 Å². The largest absolute Gasteiger partial charge is 0.389 e. The quantitative estimate of drug-likeness (QED) is 0.659. The van der Waals surface area contributed by atoms with Crippen LogP contribution in [0.1, 0.15) is 47.2 Å². The highest BCUT2D eigenvalue weighted by Crippen LogP contribution is 2.34. The molecule has 100 valence electrons. The second-order valence-electron chi connectivity index (χ2n) is 4.86. The smallest absolute Gasteiger partial charge is 0.171 e. The molecule has 1 unspecified atom stereocenters. The molecule has 0 saturated carbocycles. The van der Waals surface area contributed by atoms with Crippen LogP contribution in [0, 0.1) is 0 Å². The van der Waals surface area contributed by atoms with Crippen LogP contribution < -0.4 is 0 Å². The van der Waals surface area contributed by atoms with Crippen molar-refractivity contribution in [3.8, 4) is 0 Å². The average molecular weight is 321 g/mol. The summed E-state index contributed by atoms with van der Waals surface area (Å²) in [4.78, 5) is -0.202. The molecule has 18 heavy (non-hydrogen) atoms. The van der Waals surface area contributed by atoms with Crippen LogP contribution in [-0.4, -0.2) is 6.18 Å². The summed E-state index contributed by atoms with van der Waals surface area (Å²) in [5.41, 5.74) is 3.65. The Morgan fingerprint density at radius 2 is 1.78 bits per heavy atom. The van der Waals surface area contributed by atoms with Crippen LogP contribution in [0.5, 0.6) is 0 Å². The van der Waals surface area contributed by atoms with Crippen LogP contribution in [0.3, 0.4) is 0 Å². The summed E-state index contributed by atoms with van der Waals surface area (Å²) in [6, 6.07) is 6.11. The minimum Gasteiger partial charge on any atom is -0.171 e. The van der Waals surface area contributed by atoms with E-state index in [2.05, 4.69) is 28.1 Å². The van der Waals surface area contributed by atoms with E-state index in [1.807, 2.05) is 6.07 Å². The van der Waals surface area contributed by atoms with E-state index >= 15 is 0 Å². The second-order valence-corrected chi connectivity index (χ2v) is 5.96. The molecule has 0 heterocycles.